The van der Waals surface area contributed by atoms with E-state index in [1.54, 1.807) is 20.4 Å². The highest BCUT2D eigenvalue weighted by molar-refractivity contribution is 5.79. The van der Waals surface area contributed by atoms with Crippen molar-refractivity contribution < 1.29 is 9.15 Å². The molecular formula is C20H30N4O2. The number of benzene rings is 1. The van der Waals surface area contributed by atoms with Gasteiger partial charge in [-0.3, -0.25) is 9.89 Å². The number of guanidine groups is 1. The summed E-state index contributed by atoms with van der Waals surface area (Å²) in [6, 6.07) is 10.4. The Balaban J connectivity index is 1.84. The number of likely N-dealkylation sites (N-methyl/N-ethyl adjacent to an activating group) is 1. The molecule has 26 heavy (non-hydrogen) atoms. The van der Waals surface area contributed by atoms with Gasteiger partial charge in [-0.2, -0.15) is 0 Å². The van der Waals surface area contributed by atoms with Crippen molar-refractivity contribution in [3.63, 3.8) is 0 Å². The van der Waals surface area contributed by atoms with Crippen LogP contribution in [0, 0.1) is 6.92 Å². The van der Waals surface area contributed by atoms with Crippen LogP contribution in [0.5, 0.6) is 5.75 Å². The fourth-order valence-electron chi connectivity index (χ4n) is 2.78. The van der Waals surface area contributed by atoms with Crippen molar-refractivity contribution >= 4 is 5.96 Å². The third-order valence-electron chi connectivity index (χ3n) is 4.36. The Kier molecular flexibility index (Phi) is 7.53. The number of rotatable bonds is 8. The zero-order chi connectivity index (χ0) is 18.9. The molecule has 0 spiro atoms. The van der Waals surface area contributed by atoms with Gasteiger partial charge in [-0.15, -0.1) is 0 Å². The molecule has 2 N–H and O–H groups in total. The van der Waals surface area contributed by atoms with Gasteiger partial charge in [0.15, 0.2) is 5.96 Å². The topological polar surface area (TPSA) is 62.0 Å². The average Bonchev–Trinajstić information content (AvgIpc) is 3.15. The SMILES string of the molecule is CN=C(NCCc1ccc(C)c(OC)c1)NCC(c1ccco1)N(C)C. The molecule has 142 valence electrons. The zero-order valence-corrected chi connectivity index (χ0v) is 16.4. The van der Waals surface area contributed by atoms with Gasteiger partial charge >= 0.3 is 0 Å². The predicted octanol–water partition coefficient (Wildman–Crippen LogP) is 2.61. The first-order chi connectivity index (χ1) is 12.5. The molecule has 0 aliphatic rings. The van der Waals surface area contributed by atoms with Crippen molar-refractivity contribution in [1.82, 2.24) is 15.5 Å². The van der Waals surface area contributed by atoms with E-state index in [1.165, 1.54) is 5.56 Å². The molecule has 2 rings (SSSR count). The molecule has 1 aromatic heterocycles. The molecule has 0 amide bonds. The second kappa shape index (κ2) is 9.87. The van der Waals surface area contributed by atoms with E-state index < -0.39 is 0 Å². The summed E-state index contributed by atoms with van der Waals surface area (Å²) in [6.07, 6.45) is 2.60. The second-order valence-corrected chi connectivity index (χ2v) is 6.43. The number of hydrogen-bond acceptors (Lipinski definition) is 4. The third-order valence-corrected chi connectivity index (χ3v) is 4.36. The molecule has 0 fully saturated rings. The minimum absolute atomic E-state index is 0.143. The molecule has 0 saturated carbocycles. The van der Waals surface area contributed by atoms with E-state index in [0.29, 0.717) is 6.54 Å². The van der Waals surface area contributed by atoms with Crippen molar-refractivity contribution in [3.05, 3.63) is 53.5 Å². The van der Waals surface area contributed by atoms with E-state index in [0.717, 1.165) is 36.0 Å². The molecule has 6 heteroatoms. The molecule has 0 bridgehead atoms. The monoisotopic (exact) mass is 358 g/mol. The first-order valence-corrected chi connectivity index (χ1v) is 8.83. The van der Waals surface area contributed by atoms with E-state index in [-0.39, 0.29) is 6.04 Å². The lowest BCUT2D eigenvalue weighted by Gasteiger charge is -2.23. The highest BCUT2D eigenvalue weighted by Crippen LogP contribution is 2.19. The first kappa shape index (κ1) is 19.8. The largest absolute Gasteiger partial charge is 0.496 e. The van der Waals surface area contributed by atoms with Crippen molar-refractivity contribution in [2.24, 2.45) is 4.99 Å². The summed E-state index contributed by atoms with van der Waals surface area (Å²) in [6.45, 7) is 3.55. The van der Waals surface area contributed by atoms with Crippen LogP contribution in [0.25, 0.3) is 0 Å². The van der Waals surface area contributed by atoms with Crippen molar-refractivity contribution in [2.75, 3.05) is 41.3 Å². The fraction of sp³-hybridized carbons (Fsp3) is 0.450. The highest BCUT2D eigenvalue weighted by atomic mass is 16.5. The molecule has 0 saturated heterocycles. The number of ether oxygens (including phenoxy) is 1. The van der Waals surface area contributed by atoms with E-state index in [2.05, 4.69) is 38.7 Å². The van der Waals surface area contributed by atoms with Crippen LogP contribution in [0.3, 0.4) is 0 Å². The smallest absolute Gasteiger partial charge is 0.191 e. The summed E-state index contributed by atoms with van der Waals surface area (Å²) in [5.74, 6) is 2.64. The van der Waals surface area contributed by atoms with Crippen LogP contribution in [0.1, 0.15) is 22.9 Å². The summed E-state index contributed by atoms with van der Waals surface area (Å²) >= 11 is 0. The van der Waals surface area contributed by atoms with Crippen molar-refractivity contribution in [3.8, 4) is 5.75 Å². The van der Waals surface area contributed by atoms with E-state index in [4.69, 9.17) is 9.15 Å². The molecule has 1 unspecified atom stereocenters. The summed E-state index contributed by atoms with van der Waals surface area (Å²) in [4.78, 5) is 6.42. The maximum absolute atomic E-state index is 5.54. The maximum Gasteiger partial charge on any atom is 0.191 e. The lowest BCUT2D eigenvalue weighted by molar-refractivity contribution is 0.258. The van der Waals surface area contributed by atoms with Crippen LogP contribution in [0.15, 0.2) is 46.0 Å². The number of aliphatic imine (C=N–C) groups is 1. The Morgan fingerprint density at radius 1 is 1.27 bits per heavy atom. The van der Waals surface area contributed by atoms with Gasteiger partial charge in [0.25, 0.3) is 0 Å². The lowest BCUT2D eigenvalue weighted by atomic mass is 10.1. The highest BCUT2D eigenvalue weighted by Gasteiger charge is 2.17. The van der Waals surface area contributed by atoms with Gasteiger partial charge in [0.2, 0.25) is 0 Å². The summed E-state index contributed by atoms with van der Waals surface area (Å²) in [5, 5.41) is 6.73. The van der Waals surface area contributed by atoms with E-state index in [1.807, 2.05) is 33.2 Å². The van der Waals surface area contributed by atoms with Gasteiger partial charge in [0, 0.05) is 20.1 Å². The van der Waals surface area contributed by atoms with Crippen LogP contribution in [-0.4, -0.2) is 52.2 Å². The Hall–Kier alpha value is -2.47. The zero-order valence-electron chi connectivity index (χ0n) is 16.4. The van der Waals surface area contributed by atoms with Gasteiger partial charge < -0.3 is 19.8 Å². The van der Waals surface area contributed by atoms with Crippen LogP contribution < -0.4 is 15.4 Å². The van der Waals surface area contributed by atoms with E-state index >= 15 is 0 Å². The lowest BCUT2D eigenvalue weighted by Crippen LogP contribution is -2.42. The number of methoxy groups -OCH3 is 1. The van der Waals surface area contributed by atoms with Gasteiger partial charge in [-0.05, 0) is 56.8 Å². The number of nitrogens with one attached hydrogen (secondary N) is 2. The molecule has 1 heterocycles. The van der Waals surface area contributed by atoms with Crippen LogP contribution >= 0.6 is 0 Å². The fourth-order valence-corrected chi connectivity index (χ4v) is 2.78. The predicted molar refractivity (Wildman–Crippen MR) is 106 cm³/mol. The van der Waals surface area contributed by atoms with Crippen LogP contribution in [-0.2, 0) is 6.42 Å². The minimum atomic E-state index is 0.143. The first-order valence-electron chi connectivity index (χ1n) is 8.83. The number of furan rings is 1. The Bertz CT molecular complexity index is 696. The van der Waals surface area contributed by atoms with Gasteiger partial charge in [-0.1, -0.05) is 12.1 Å². The number of aryl methyl sites for hydroxylation is 1. The van der Waals surface area contributed by atoms with Crippen LogP contribution in [0.4, 0.5) is 0 Å². The number of hydrogen-bond donors (Lipinski definition) is 2. The molecule has 6 nitrogen and oxygen atoms in total. The normalized spacial score (nSPS) is 12.9. The molecule has 0 radical (unpaired) electrons. The minimum Gasteiger partial charge on any atom is -0.496 e. The molecule has 0 aliphatic heterocycles. The van der Waals surface area contributed by atoms with Crippen molar-refractivity contribution in [1.29, 1.82) is 0 Å². The quantitative estimate of drug-likeness (QED) is 0.561. The molecule has 2 aromatic rings. The average molecular weight is 358 g/mol. The Labute approximate surface area is 156 Å². The Morgan fingerprint density at radius 2 is 2.08 bits per heavy atom. The summed E-state index contributed by atoms with van der Waals surface area (Å²) in [7, 11) is 7.56. The summed E-state index contributed by atoms with van der Waals surface area (Å²) in [5.41, 5.74) is 2.38. The Morgan fingerprint density at radius 3 is 2.69 bits per heavy atom. The van der Waals surface area contributed by atoms with Gasteiger partial charge in [0.1, 0.15) is 11.5 Å². The maximum atomic E-state index is 5.54. The van der Waals surface area contributed by atoms with Gasteiger partial charge in [0.05, 0.1) is 19.4 Å². The van der Waals surface area contributed by atoms with Gasteiger partial charge in [-0.25, -0.2) is 0 Å². The third kappa shape index (κ3) is 5.52. The molecular weight excluding hydrogens is 328 g/mol. The summed E-state index contributed by atoms with van der Waals surface area (Å²) < 4.78 is 10.9. The molecule has 1 aromatic carbocycles. The van der Waals surface area contributed by atoms with Crippen LogP contribution in [0.2, 0.25) is 0 Å². The van der Waals surface area contributed by atoms with Crippen molar-refractivity contribution in [2.45, 2.75) is 19.4 Å². The standard InChI is InChI=1S/C20H30N4O2/c1-15-8-9-16(13-19(15)25-5)10-11-22-20(21-2)23-14-17(24(3)4)18-7-6-12-26-18/h6-9,12-13,17H,10-11,14H2,1-5H3,(H2,21,22,23). The molecule has 0 aliphatic carbocycles. The van der Waals surface area contributed by atoms with E-state index in [9.17, 15) is 0 Å². The second-order valence-electron chi connectivity index (χ2n) is 6.43. The molecule has 1 atom stereocenters. The number of nitrogens with zero attached hydrogens (tertiary/aromatic N) is 2.